The second-order valence-electron chi connectivity index (χ2n) is 13.7. The van der Waals surface area contributed by atoms with Crippen LogP contribution < -0.4 is 20.3 Å². The van der Waals surface area contributed by atoms with E-state index in [4.69, 9.17) is 24.5 Å². The minimum atomic E-state index is -0.747. The topological polar surface area (TPSA) is 128 Å². The highest BCUT2D eigenvalue weighted by Gasteiger charge is 2.40. The molecule has 0 saturated heterocycles. The predicted molar refractivity (Wildman–Crippen MR) is 200 cm³/mol. The van der Waals surface area contributed by atoms with Crippen LogP contribution in [0.2, 0.25) is 0 Å². The van der Waals surface area contributed by atoms with Gasteiger partial charge in [0.2, 0.25) is 11.7 Å². The predicted octanol–water partition coefficient (Wildman–Crippen LogP) is 7.04. The van der Waals surface area contributed by atoms with Gasteiger partial charge < -0.3 is 25.0 Å². The van der Waals surface area contributed by atoms with Gasteiger partial charge in [0.05, 0.1) is 18.4 Å². The number of rotatable bonds is 16. The molecule has 2 heterocycles. The smallest absolute Gasteiger partial charge is 0.348 e. The van der Waals surface area contributed by atoms with Crippen molar-refractivity contribution < 1.29 is 24.4 Å². The number of amides is 1. The number of aliphatic imine (C=N–C) groups is 1. The van der Waals surface area contributed by atoms with Crippen molar-refractivity contribution in [2.75, 3.05) is 30.4 Å². The number of anilines is 2. The zero-order chi connectivity index (χ0) is 36.6. The van der Waals surface area contributed by atoms with Crippen molar-refractivity contribution in [3.05, 3.63) is 60.5 Å². The van der Waals surface area contributed by atoms with E-state index in [0.717, 1.165) is 68.6 Å². The number of nitrogens with one attached hydrogen (secondary N) is 1. The lowest BCUT2D eigenvalue weighted by Gasteiger charge is -2.23. The molecule has 1 unspecified atom stereocenters. The SMILES string of the molecule is [CH2-][NH2+]C1=C(C(=O)OC(C)(C)C)c2nc(-c3cc(NC(=O)C(CC)CCCC)ccc3OC)nn2C1=Nc1ccc(N(CC)CCCC)cc1C. The van der Waals surface area contributed by atoms with E-state index in [9.17, 15) is 9.59 Å². The van der Waals surface area contributed by atoms with Crippen LogP contribution in [0.5, 0.6) is 5.75 Å². The maximum Gasteiger partial charge on any atom is 0.348 e. The minimum Gasteiger partial charge on any atom is -0.496 e. The zero-order valence-electron chi connectivity index (χ0n) is 31.4. The lowest BCUT2D eigenvalue weighted by molar-refractivity contribution is -0.533. The highest BCUT2D eigenvalue weighted by atomic mass is 16.6. The number of benzene rings is 2. The van der Waals surface area contributed by atoms with Crippen molar-refractivity contribution in [1.82, 2.24) is 14.8 Å². The summed E-state index contributed by atoms with van der Waals surface area (Å²) in [4.78, 5) is 39.2. The summed E-state index contributed by atoms with van der Waals surface area (Å²) < 4.78 is 13.1. The van der Waals surface area contributed by atoms with Crippen LogP contribution in [0, 0.1) is 19.9 Å². The Kier molecular flexibility index (Phi) is 13.0. The Hall–Kier alpha value is -4.51. The number of nitrogens with two attached hydrogens (primary N) is 1. The first-order valence-corrected chi connectivity index (χ1v) is 17.9. The number of carbonyl (C=O) groups is 2. The van der Waals surface area contributed by atoms with Crippen LogP contribution in [0.1, 0.15) is 98.4 Å². The third kappa shape index (κ3) is 8.79. The molecule has 1 aliphatic rings. The van der Waals surface area contributed by atoms with Gasteiger partial charge in [-0.1, -0.05) is 40.0 Å². The van der Waals surface area contributed by atoms with Crippen LogP contribution in [-0.4, -0.2) is 58.3 Å². The molecule has 0 radical (unpaired) electrons. The van der Waals surface area contributed by atoms with E-state index in [-0.39, 0.29) is 23.2 Å². The van der Waals surface area contributed by atoms with E-state index >= 15 is 0 Å². The quantitative estimate of drug-likeness (QED) is 0.122. The minimum absolute atomic E-state index is 0.0219. The number of aryl methyl sites for hydroxylation is 1. The van der Waals surface area contributed by atoms with Crippen molar-refractivity contribution in [2.45, 2.75) is 99.5 Å². The molecule has 3 aromatic rings. The number of methoxy groups -OCH3 is 1. The Morgan fingerprint density at radius 1 is 1.08 bits per heavy atom. The standard InChI is InChI=1S/C39H55N7O4/c1-11-15-17-26(13-3)37(47)41-27-18-21-31(49-10)29(24-27)34-43-35-32(38(48)50-39(6,7)8)33(40-9)36(46(35)44-34)42-30-20-19-28(23-25(30)5)45(14-4)22-16-12-2/h18-21,23-24,26H,9,11-17,22,40H2,1-8,10H3,(H,41,47). The Balaban J connectivity index is 1.83. The maximum absolute atomic E-state index is 13.8. The van der Waals surface area contributed by atoms with Crippen LogP contribution >= 0.6 is 0 Å². The zero-order valence-corrected chi connectivity index (χ0v) is 31.4. The molecule has 4 rings (SSSR count). The normalized spacial score (nSPS) is 14.2. The molecule has 11 heteroatoms. The van der Waals surface area contributed by atoms with Crippen LogP contribution in [0.15, 0.2) is 47.1 Å². The van der Waals surface area contributed by atoms with Gasteiger partial charge in [-0.05, 0) is 95.8 Å². The first kappa shape index (κ1) is 38.3. The molecular formula is C39H55N7O4. The summed E-state index contributed by atoms with van der Waals surface area (Å²) in [6.07, 6.45) is 5.87. The first-order chi connectivity index (χ1) is 23.9. The number of hydrogen-bond donors (Lipinski definition) is 2. The fraction of sp³-hybridized carbons (Fsp3) is 0.487. The van der Waals surface area contributed by atoms with Gasteiger partial charge in [0.1, 0.15) is 11.4 Å². The van der Waals surface area contributed by atoms with Gasteiger partial charge in [0.15, 0.2) is 22.9 Å². The molecule has 1 amide bonds. The number of allylic oxidation sites excluding steroid dienone is 1. The van der Waals surface area contributed by atoms with E-state index in [1.54, 1.807) is 35.3 Å². The van der Waals surface area contributed by atoms with Gasteiger partial charge in [0, 0.05) is 30.4 Å². The van der Waals surface area contributed by atoms with Crippen LogP contribution in [-0.2, 0) is 14.3 Å². The molecule has 0 aliphatic carbocycles. The molecule has 1 aliphatic heterocycles. The number of quaternary nitrogens is 1. The summed E-state index contributed by atoms with van der Waals surface area (Å²) in [6.45, 7) is 17.9. The molecule has 0 bridgehead atoms. The lowest BCUT2D eigenvalue weighted by atomic mass is 9.98. The largest absolute Gasteiger partial charge is 0.496 e. The van der Waals surface area contributed by atoms with Gasteiger partial charge in [-0.3, -0.25) is 4.79 Å². The number of nitrogens with zero attached hydrogens (tertiary/aromatic N) is 5. The Morgan fingerprint density at radius 2 is 1.82 bits per heavy atom. The van der Waals surface area contributed by atoms with Gasteiger partial charge in [0.25, 0.3) is 0 Å². The molecular weight excluding hydrogens is 630 g/mol. The fourth-order valence-electron chi connectivity index (χ4n) is 5.98. The summed E-state index contributed by atoms with van der Waals surface area (Å²) in [5.41, 5.74) is 3.98. The highest BCUT2D eigenvalue weighted by Crippen LogP contribution is 2.36. The number of ether oxygens (including phenoxy) is 2. The van der Waals surface area contributed by atoms with Gasteiger partial charge >= 0.3 is 5.97 Å². The monoisotopic (exact) mass is 685 g/mol. The second-order valence-corrected chi connectivity index (χ2v) is 13.7. The van der Waals surface area contributed by atoms with E-state index in [2.05, 4.69) is 50.2 Å². The molecule has 270 valence electrons. The van der Waals surface area contributed by atoms with Crippen LogP contribution in [0.4, 0.5) is 17.1 Å². The van der Waals surface area contributed by atoms with E-state index in [0.29, 0.717) is 34.4 Å². The average Bonchev–Trinajstić information content (AvgIpc) is 3.63. The number of fused-ring (bicyclic) bond motifs is 1. The van der Waals surface area contributed by atoms with Crippen molar-refractivity contribution in [3.63, 3.8) is 0 Å². The van der Waals surface area contributed by atoms with Crippen molar-refractivity contribution >= 4 is 40.3 Å². The molecule has 0 fully saturated rings. The number of unbranched alkanes of at least 4 members (excludes halogenated alkanes) is 2. The van der Waals surface area contributed by atoms with E-state index in [1.807, 2.05) is 40.7 Å². The molecule has 1 atom stereocenters. The van der Waals surface area contributed by atoms with Gasteiger partial charge in [-0.25, -0.2) is 14.8 Å². The molecule has 0 spiro atoms. The summed E-state index contributed by atoms with van der Waals surface area (Å²) >= 11 is 0. The lowest BCUT2D eigenvalue weighted by Crippen LogP contribution is -2.76. The van der Waals surface area contributed by atoms with Gasteiger partial charge in [-0.15, -0.1) is 12.1 Å². The average molecular weight is 686 g/mol. The molecule has 1 aromatic heterocycles. The van der Waals surface area contributed by atoms with Crippen molar-refractivity contribution in [3.8, 4) is 17.1 Å². The van der Waals surface area contributed by atoms with Gasteiger partial charge in [-0.2, -0.15) is 4.68 Å². The third-order valence-electron chi connectivity index (χ3n) is 8.76. The Labute approximate surface area is 297 Å². The number of esters is 1. The van der Waals surface area contributed by atoms with Crippen LogP contribution in [0.25, 0.3) is 17.0 Å². The molecule has 3 N–H and O–H groups in total. The van der Waals surface area contributed by atoms with E-state index < -0.39 is 11.6 Å². The first-order valence-electron chi connectivity index (χ1n) is 17.9. The Morgan fingerprint density at radius 3 is 2.42 bits per heavy atom. The number of carbonyl (C=O) groups excluding carboxylic acids is 2. The molecule has 0 saturated carbocycles. The fourth-order valence-corrected chi connectivity index (χ4v) is 5.98. The third-order valence-corrected chi connectivity index (χ3v) is 8.76. The van der Waals surface area contributed by atoms with Crippen molar-refractivity contribution in [2.24, 2.45) is 10.9 Å². The van der Waals surface area contributed by atoms with Crippen LogP contribution in [0.3, 0.4) is 0 Å². The number of aromatic nitrogens is 3. The van der Waals surface area contributed by atoms with Crippen molar-refractivity contribution in [1.29, 1.82) is 0 Å². The summed E-state index contributed by atoms with van der Waals surface area (Å²) in [6, 6.07) is 11.6. The maximum atomic E-state index is 13.8. The summed E-state index contributed by atoms with van der Waals surface area (Å²) in [5, 5.41) is 9.56. The molecule has 2 aromatic carbocycles. The molecule has 11 nitrogen and oxygen atoms in total. The summed E-state index contributed by atoms with van der Waals surface area (Å²) in [7, 11) is 5.60. The molecule has 50 heavy (non-hydrogen) atoms. The highest BCUT2D eigenvalue weighted by molar-refractivity contribution is 6.27. The van der Waals surface area contributed by atoms with E-state index in [1.165, 1.54) is 0 Å². The summed E-state index contributed by atoms with van der Waals surface area (Å²) in [5.74, 6) is 0.878. The second kappa shape index (κ2) is 16.9. The number of hydrogen-bond acceptors (Lipinski definition) is 8. The Bertz CT molecular complexity index is 1730.